The third-order valence-corrected chi connectivity index (χ3v) is 5.31. The highest BCUT2D eigenvalue weighted by molar-refractivity contribution is 6.05. The number of nitrogens with zero attached hydrogens (tertiary/aromatic N) is 2. The molecule has 134 valence electrons. The molecule has 0 radical (unpaired) electrons. The van der Waals surface area contributed by atoms with E-state index in [4.69, 9.17) is 4.74 Å². The highest BCUT2D eigenvalue weighted by Gasteiger charge is 2.51. The lowest BCUT2D eigenvalue weighted by Gasteiger charge is -2.20. The summed E-state index contributed by atoms with van der Waals surface area (Å²) in [6.45, 7) is 2.44. The Hall–Kier alpha value is -2.66. The van der Waals surface area contributed by atoms with Crippen molar-refractivity contribution in [1.29, 1.82) is 0 Å². The van der Waals surface area contributed by atoms with Crippen LogP contribution in [0.15, 0.2) is 54.6 Å². The number of carbonyl (C=O) groups is 2. The first-order valence-electron chi connectivity index (χ1n) is 8.90. The SMILES string of the molecule is COc1ccc(CN2C(=O)C3CN(Cc4ccccc4)CC3C2=O)cc1. The molecule has 0 aromatic heterocycles. The van der Waals surface area contributed by atoms with E-state index in [-0.39, 0.29) is 23.7 Å². The van der Waals surface area contributed by atoms with Crippen LogP contribution in [0.1, 0.15) is 11.1 Å². The molecule has 26 heavy (non-hydrogen) atoms. The molecule has 2 atom stereocenters. The van der Waals surface area contributed by atoms with E-state index < -0.39 is 0 Å². The quantitative estimate of drug-likeness (QED) is 0.777. The van der Waals surface area contributed by atoms with Gasteiger partial charge in [-0.1, -0.05) is 42.5 Å². The van der Waals surface area contributed by atoms with E-state index in [1.165, 1.54) is 10.5 Å². The van der Waals surface area contributed by atoms with Crippen molar-refractivity contribution in [3.05, 3.63) is 65.7 Å². The van der Waals surface area contributed by atoms with Crippen molar-refractivity contribution >= 4 is 11.8 Å². The Morgan fingerprint density at radius 3 is 2.00 bits per heavy atom. The fraction of sp³-hybridized carbons (Fsp3) is 0.333. The fourth-order valence-electron chi connectivity index (χ4n) is 3.93. The third-order valence-electron chi connectivity index (χ3n) is 5.31. The van der Waals surface area contributed by atoms with Crippen molar-refractivity contribution in [2.24, 2.45) is 11.8 Å². The monoisotopic (exact) mass is 350 g/mol. The van der Waals surface area contributed by atoms with Gasteiger partial charge in [0.25, 0.3) is 0 Å². The molecule has 2 fully saturated rings. The Morgan fingerprint density at radius 2 is 1.42 bits per heavy atom. The van der Waals surface area contributed by atoms with Crippen LogP contribution in [-0.4, -0.2) is 41.8 Å². The van der Waals surface area contributed by atoms with Crippen LogP contribution in [0.25, 0.3) is 0 Å². The summed E-state index contributed by atoms with van der Waals surface area (Å²) in [5, 5.41) is 0. The number of imide groups is 1. The van der Waals surface area contributed by atoms with Crippen molar-refractivity contribution in [3.63, 3.8) is 0 Å². The van der Waals surface area contributed by atoms with Gasteiger partial charge in [-0.25, -0.2) is 0 Å². The van der Waals surface area contributed by atoms with Crippen LogP contribution < -0.4 is 4.74 Å². The summed E-state index contributed by atoms with van der Waals surface area (Å²) in [6.07, 6.45) is 0. The first-order chi connectivity index (χ1) is 12.7. The number of fused-ring (bicyclic) bond motifs is 1. The summed E-state index contributed by atoms with van der Waals surface area (Å²) in [5.41, 5.74) is 2.15. The molecule has 2 heterocycles. The highest BCUT2D eigenvalue weighted by atomic mass is 16.5. The van der Waals surface area contributed by atoms with Crippen molar-refractivity contribution in [3.8, 4) is 5.75 Å². The molecule has 2 aromatic carbocycles. The number of likely N-dealkylation sites (tertiary alicyclic amines) is 2. The molecular weight excluding hydrogens is 328 g/mol. The van der Waals surface area contributed by atoms with Crippen molar-refractivity contribution in [2.45, 2.75) is 13.1 Å². The average Bonchev–Trinajstić information content (AvgIpc) is 3.18. The molecule has 2 aliphatic heterocycles. The molecule has 0 N–H and O–H groups in total. The van der Waals surface area contributed by atoms with Crippen LogP contribution >= 0.6 is 0 Å². The molecule has 4 rings (SSSR count). The number of hydrogen-bond acceptors (Lipinski definition) is 4. The lowest BCUT2D eigenvalue weighted by molar-refractivity contribution is -0.141. The molecule has 2 saturated heterocycles. The van der Waals surface area contributed by atoms with Crippen LogP contribution in [0, 0.1) is 11.8 Å². The molecule has 0 saturated carbocycles. The number of methoxy groups -OCH3 is 1. The van der Waals surface area contributed by atoms with Gasteiger partial charge in [-0.3, -0.25) is 19.4 Å². The summed E-state index contributed by atoms with van der Waals surface area (Å²) in [4.78, 5) is 29.2. The molecule has 2 aliphatic rings. The minimum atomic E-state index is -0.204. The largest absolute Gasteiger partial charge is 0.497 e. The Bertz CT molecular complexity index is 780. The molecule has 2 amide bonds. The van der Waals surface area contributed by atoms with Gasteiger partial charge >= 0.3 is 0 Å². The molecule has 0 bridgehead atoms. The van der Waals surface area contributed by atoms with Gasteiger partial charge in [0.1, 0.15) is 5.75 Å². The zero-order chi connectivity index (χ0) is 18.1. The Labute approximate surface area is 153 Å². The van der Waals surface area contributed by atoms with E-state index in [2.05, 4.69) is 17.0 Å². The Kier molecular flexibility index (Phi) is 4.47. The summed E-state index contributed by atoms with van der Waals surface area (Å²) < 4.78 is 5.15. The zero-order valence-electron chi connectivity index (χ0n) is 14.8. The summed E-state index contributed by atoms with van der Waals surface area (Å²) in [5.74, 6) is 0.285. The number of carbonyl (C=O) groups excluding carboxylic acids is 2. The topological polar surface area (TPSA) is 49.9 Å². The predicted octanol–water partition coefficient (Wildman–Crippen LogP) is 2.31. The van der Waals surface area contributed by atoms with Crippen molar-refractivity contribution in [2.75, 3.05) is 20.2 Å². The van der Waals surface area contributed by atoms with Crippen LogP contribution in [0.5, 0.6) is 5.75 Å². The summed E-state index contributed by atoms with van der Waals surface area (Å²) in [6, 6.07) is 17.7. The van der Waals surface area contributed by atoms with Gasteiger partial charge in [0.2, 0.25) is 11.8 Å². The number of hydrogen-bond donors (Lipinski definition) is 0. The van der Waals surface area contributed by atoms with Gasteiger partial charge in [-0.2, -0.15) is 0 Å². The molecule has 2 unspecified atom stereocenters. The number of amides is 2. The molecular formula is C21H22N2O3. The van der Waals surface area contributed by atoms with Crippen molar-refractivity contribution in [1.82, 2.24) is 9.80 Å². The minimum Gasteiger partial charge on any atom is -0.497 e. The first kappa shape index (κ1) is 16.8. The van der Waals surface area contributed by atoms with E-state index in [9.17, 15) is 9.59 Å². The first-order valence-corrected chi connectivity index (χ1v) is 8.90. The zero-order valence-corrected chi connectivity index (χ0v) is 14.8. The van der Waals surface area contributed by atoms with Gasteiger partial charge in [-0.05, 0) is 23.3 Å². The second kappa shape index (κ2) is 6.92. The van der Waals surface area contributed by atoms with Crippen LogP contribution in [0.4, 0.5) is 0 Å². The predicted molar refractivity (Wildman–Crippen MR) is 97.3 cm³/mol. The maximum absolute atomic E-state index is 12.8. The number of rotatable bonds is 5. The maximum Gasteiger partial charge on any atom is 0.234 e. The summed E-state index contributed by atoms with van der Waals surface area (Å²) >= 11 is 0. The number of benzene rings is 2. The molecule has 5 nitrogen and oxygen atoms in total. The van der Waals surface area contributed by atoms with Gasteiger partial charge in [0, 0.05) is 19.6 Å². The fourth-order valence-corrected chi connectivity index (χ4v) is 3.93. The average molecular weight is 350 g/mol. The van der Waals surface area contributed by atoms with Crippen LogP contribution in [0.2, 0.25) is 0 Å². The van der Waals surface area contributed by atoms with Gasteiger partial charge in [0.15, 0.2) is 0 Å². The van der Waals surface area contributed by atoms with Crippen LogP contribution in [0.3, 0.4) is 0 Å². The maximum atomic E-state index is 12.8. The normalized spacial score (nSPS) is 22.7. The smallest absolute Gasteiger partial charge is 0.234 e. The van der Waals surface area contributed by atoms with Gasteiger partial charge in [0.05, 0.1) is 25.5 Å². The number of ether oxygens (including phenoxy) is 1. The van der Waals surface area contributed by atoms with Crippen molar-refractivity contribution < 1.29 is 14.3 Å². The van der Waals surface area contributed by atoms with E-state index in [0.29, 0.717) is 19.6 Å². The summed E-state index contributed by atoms with van der Waals surface area (Å²) in [7, 11) is 1.62. The van der Waals surface area contributed by atoms with Gasteiger partial charge < -0.3 is 4.74 Å². The van der Waals surface area contributed by atoms with E-state index in [1.54, 1.807) is 7.11 Å². The second-order valence-corrected chi connectivity index (χ2v) is 7.00. The van der Waals surface area contributed by atoms with E-state index in [1.807, 2.05) is 42.5 Å². The van der Waals surface area contributed by atoms with Gasteiger partial charge in [-0.15, -0.1) is 0 Å². The Morgan fingerprint density at radius 1 is 0.846 bits per heavy atom. The van der Waals surface area contributed by atoms with Crippen LogP contribution in [-0.2, 0) is 22.7 Å². The van der Waals surface area contributed by atoms with E-state index in [0.717, 1.165) is 17.9 Å². The third kappa shape index (κ3) is 3.10. The molecule has 2 aromatic rings. The minimum absolute atomic E-state index is 0.0358. The standard InChI is InChI=1S/C21H22N2O3/c1-26-17-9-7-16(8-10-17)12-23-20(24)18-13-22(14-19(18)21(23)25)11-15-5-3-2-4-6-15/h2-10,18-19H,11-14H2,1H3. The lowest BCUT2D eigenvalue weighted by Crippen LogP contribution is -2.35. The lowest BCUT2D eigenvalue weighted by atomic mass is 10.00. The molecule has 0 spiro atoms. The molecule has 5 heteroatoms. The van der Waals surface area contributed by atoms with E-state index >= 15 is 0 Å². The Balaban J connectivity index is 1.42. The molecule has 0 aliphatic carbocycles. The highest BCUT2D eigenvalue weighted by Crippen LogP contribution is 2.35. The second-order valence-electron chi connectivity index (χ2n) is 7.00.